The fraction of sp³-hybridized carbons (Fsp3) is 0.304. The lowest BCUT2D eigenvalue weighted by atomic mass is 10.0. The zero-order valence-corrected chi connectivity index (χ0v) is 17.3. The molecule has 0 radical (unpaired) electrons. The molecule has 0 fully saturated rings. The largest absolute Gasteiger partial charge is 0.488 e. The van der Waals surface area contributed by atoms with E-state index >= 15 is 0 Å². The van der Waals surface area contributed by atoms with Gasteiger partial charge in [0, 0.05) is 11.3 Å². The second kappa shape index (κ2) is 7.89. The number of nitrogens with one attached hydrogen (secondary N) is 1. The van der Waals surface area contributed by atoms with Gasteiger partial charge in [0.15, 0.2) is 0 Å². The highest BCUT2D eigenvalue weighted by Gasteiger charge is 2.16. The minimum absolute atomic E-state index is 0.119. The molecule has 1 heterocycles. The second-order valence-electron chi connectivity index (χ2n) is 7.15. The number of rotatable bonds is 5. The molecule has 5 nitrogen and oxygen atoms in total. The molecule has 1 N–H and O–H groups in total. The Bertz CT molecular complexity index is 1020. The summed E-state index contributed by atoms with van der Waals surface area (Å²) in [5.41, 5.74) is 7.33. The molecule has 1 aromatic heterocycles. The molecule has 0 aliphatic rings. The maximum Gasteiger partial charge on any atom is 0.255 e. The summed E-state index contributed by atoms with van der Waals surface area (Å²) in [4.78, 5) is 12.8. The number of benzene rings is 2. The van der Waals surface area contributed by atoms with Crippen molar-refractivity contribution in [1.29, 1.82) is 0 Å². The molecule has 3 aromatic rings. The van der Waals surface area contributed by atoms with E-state index in [9.17, 15) is 4.79 Å². The highest BCUT2D eigenvalue weighted by Crippen LogP contribution is 2.27. The van der Waals surface area contributed by atoms with Gasteiger partial charge < -0.3 is 14.6 Å². The van der Waals surface area contributed by atoms with Crippen LogP contribution in [0.15, 0.2) is 34.9 Å². The number of ether oxygens (including phenoxy) is 1. The molecule has 5 heteroatoms. The van der Waals surface area contributed by atoms with Gasteiger partial charge in [0.05, 0.1) is 11.3 Å². The number of aryl methyl sites for hydroxylation is 3. The van der Waals surface area contributed by atoms with Gasteiger partial charge in [-0.3, -0.25) is 4.79 Å². The van der Waals surface area contributed by atoms with Gasteiger partial charge in [-0.05, 0) is 82.0 Å². The Labute approximate surface area is 165 Å². The summed E-state index contributed by atoms with van der Waals surface area (Å²) in [7, 11) is 0. The van der Waals surface area contributed by atoms with Crippen LogP contribution in [0.1, 0.15) is 49.6 Å². The first-order valence-electron chi connectivity index (χ1n) is 9.32. The lowest BCUT2D eigenvalue weighted by molar-refractivity contribution is 0.102. The molecule has 146 valence electrons. The lowest BCUT2D eigenvalue weighted by Gasteiger charge is -2.15. The van der Waals surface area contributed by atoms with Crippen LogP contribution in [0.25, 0.3) is 0 Å². The lowest BCUT2D eigenvalue weighted by Crippen LogP contribution is -2.15. The first kappa shape index (κ1) is 19.7. The van der Waals surface area contributed by atoms with Crippen molar-refractivity contribution < 1.29 is 14.1 Å². The van der Waals surface area contributed by atoms with Crippen molar-refractivity contribution in [2.45, 2.75) is 48.1 Å². The number of nitrogens with zero attached hydrogens (tertiary/aromatic N) is 1. The van der Waals surface area contributed by atoms with E-state index in [2.05, 4.69) is 10.5 Å². The fourth-order valence-corrected chi connectivity index (χ4v) is 3.13. The summed E-state index contributed by atoms with van der Waals surface area (Å²) in [6, 6.07) is 9.56. The zero-order valence-electron chi connectivity index (χ0n) is 17.3. The molecule has 0 saturated heterocycles. The Morgan fingerprint density at radius 1 is 1.00 bits per heavy atom. The summed E-state index contributed by atoms with van der Waals surface area (Å²) in [6.45, 7) is 12.1. The van der Waals surface area contributed by atoms with Gasteiger partial charge in [0.2, 0.25) is 0 Å². The molecular weight excluding hydrogens is 352 g/mol. The van der Waals surface area contributed by atoms with E-state index in [4.69, 9.17) is 9.26 Å². The first-order valence-corrected chi connectivity index (χ1v) is 9.32. The van der Waals surface area contributed by atoms with Crippen LogP contribution in [0.4, 0.5) is 5.69 Å². The van der Waals surface area contributed by atoms with E-state index in [0.29, 0.717) is 12.2 Å². The second-order valence-corrected chi connectivity index (χ2v) is 7.15. The fourth-order valence-electron chi connectivity index (χ4n) is 3.13. The quantitative estimate of drug-likeness (QED) is 0.649. The minimum Gasteiger partial charge on any atom is -0.488 e. The number of aromatic nitrogens is 1. The number of hydrogen-bond donors (Lipinski definition) is 1. The topological polar surface area (TPSA) is 64.4 Å². The normalized spacial score (nSPS) is 10.8. The van der Waals surface area contributed by atoms with Crippen LogP contribution in [-0.4, -0.2) is 11.1 Å². The standard InChI is InChI=1S/C23H26N2O3/c1-13-8-7-9-21(14(13)2)24-23(26)19-10-11-22(16(4)15(19)3)27-12-20-17(5)25-28-18(20)6/h7-11H,12H2,1-6H3,(H,24,26). The van der Waals surface area contributed by atoms with Crippen LogP contribution in [0.2, 0.25) is 0 Å². The van der Waals surface area contributed by atoms with Crippen LogP contribution in [0.5, 0.6) is 5.75 Å². The summed E-state index contributed by atoms with van der Waals surface area (Å²) >= 11 is 0. The Morgan fingerprint density at radius 2 is 1.75 bits per heavy atom. The van der Waals surface area contributed by atoms with Crippen molar-refractivity contribution in [2.75, 3.05) is 5.32 Å². The van der Waals surface area contributed by atoms with Crippen LogP contribution in [-0.2, 0) is 6.61 Å². The molecule has 0 unspecified atom stereocenters. The van der Waals surface area contributed by atoms with Crippen molar-refractivity contribution in [3.05, 3.63) is 75.2 Å². The first-order chi connectivity index (χ1) is 13.3. The predicted molar refractivity (Wildman–Crippen MR) is 110 cm³/mol. The third-order valence-electron chi connectivity index (χ3n) is 5.39. The SMILES string of the molecule is Cc1cccc(NC(=O)c2ccc(OCc3c(C)noc3C)c(C)c2C)c1C. The smallest absolute Gasteiger partial charge is 0.255 e. The maximum absolute atomic E-state index is 12.8. The van der Waals surface area contributed by atoms with Crippen molar-refractivity contribution in [1.82, 2.24) is 5.16 Å². The number of amides is 1. The Balaban J connectivity index is 1.79. The minimum atomic E-state index is -0.119. The van der Waals surface area contributed by atoms with E-state index in [1.54, 1.807) is 0 Å². The molecule has 0 atom stereocenters. The summed E-state index contributed by atoms with van der Waals surface area (Å²) in [5.74, 6) is 1.39. The average Bonchev–Trinajstić information content (AvgIpc) is 2.98. The Kier molecular flexibility index (Phi) is 5.54. The molecular formula is C23H26N2O3. The molecule has 0 bridgehead atoms. The van der Waals surface area contributed by atoms with E-state index < -0.39 is 0 Å². The molecule has 0 aliphatic heterocycles. The average molecular weight is 378 g/mol. The van der Waals surface area contributed by atoms with Crippen LogP contribution in [0, 0.1) is 41.5 Å². The van der Waals surface area contributed by atoms with E-state index in [0.717, 1.165) is 50.7 Å². The van der Waals surface area contributed by atoms with E-state index in [1.165, 1.54) is 0 Å². The van der Waals surface area contributed by atoms with Crippen molar-refractivity contribution in [2.24, 2.45) is 0 Å². The number of hydrogen-bond acceptors (Lipinski definition) is 4. The van der Waals surface area contributed by atoms with Crippen LogP contribution in [0.3, 0.4) is 0 Å². The van der Waals surface area contributed by atoms with Crippen molar-refractivity contribution in [3.8, 4) is 5.75 Å². The predicted octanol–water partition coefficient (Wildman–Crippen LogP) is 5.36. The van der Waals surface area contributed by atoms with E-state index in [-0.39, 0.29) is 5.91 Å². The highest BCUT2D eigenvalue weighted by molar-refractivity contribution is 6.06. The molecule has 0 aliphatic carbocycles. The molecule has 0 saturated carbocycles. The van der Waals surface area contributed by atoms with Crippen molar-refractivity contribution >= 4 is 11.6 Å². The third-order valence-corrected chi connectivity index (χ3v) is 5.39. The van der Waals surface area contributed by atoms with Gasteiger partial charge in [0.25, 0.3) is 5.91 Å². The molecule has 28 heavy (non-hydrogen) atoms. The highest BCUT2D eigenvalue weighted by atomic mass is 16.5. The number of carbonyl (C=O) groups excluding carboxylic acids is 1. The van der Waals surface area contributed by atoms with Gasteiger partial charge in [-0.25, -0.2) is 0 Å². The molecule has 2 aromatic carbocycles. The van der Waals surface area contributed by atoms with Gasteiger partial charge in [0.1, 0.15) is 18.1 Å². The van der Waals surface area contributed by atoms with Gasteiger partial charge in [-0.15, -0.1) is 0 Å². The van der Waals surface area contributed by atoms with Crippen LogP contribution < -0.4 is 10.1 Å². The third kappa shape index (κ3) is 3.79. The van der Waals surface area contributed by atoms with Gasteiger partial charge >= 0.3 is 0 Å². The van der Waals surface area contributed by atoms with Gasteiger partial charge in [-0.2, -0.15) is 0 Å². The zero-order chi connectivity index (χ0) is 20.4. The molecule has 1 amide bonds. The summed E-state index contributed by atoms with van der Waals surface area (Å²) in [5, 5.41) is 6.97. The van der Waals surface area contributed by atoms with E-state index in [1.807, 2.05) is 71.9 Å². The van der Waals surface area contributed by atoms with Gasteiger partial charge in [-0.1, -0.05) is 17.3 Å². The molecule has 0 spiro atoms. The number of anilines is 1. The summed E-state index contributed by atoms with van der Waals surface area (Å²) < 4.78 is 11.2. The van der Waals surface area contributed by atoms with Crippen molar-refractivity contribution in [3.63, 3.8) is 0 Å². The Morgan fingerprint density at radius 3 is 2.43 bits per heavy atom. The van der Waals surface area contributed by atoms with Crippen LogP contribution >= 0.6 is 0 Å². The Hall–Kier alpha value is -3.08. The summed E-state index contributed by atoms with van der Waals surface area (Å²) in [6.07, 6.45) is 0. The maximum atomic E-state index is 12.8. The molecule has 3 rings (SSSR count). The number of carbonyl (C=O) groups is 1. The monoisotopic (exact) mass is 378 g/mol.